The zero-order valence-electron chi connectivity index (χ0n) is 17.1. The minimum atomic E-state index is -0.676. The average Bonchev–Trinajstić information content (AvgIpc) is 2.97. The van der Waals surface area contributed by atoms with E-state index >= 15 is 0 Å². The summed E-state index contributed by atoms with van der Waals surface area (Å²) in [6.45, 7) is 10.1. The normalized spacial score (nSPS) is 36.4. The van der Waals surface area contributed by atoms with Gasteiger partial charge in [-0.3, -0.25) is 9.59 Å². The van der Waals surface area contributed by atoms with E-state index in [-0.39, 0.29) is 41.9 Å². The van der Waals surface area contributed by atoms with Gasteiger partial charge in [-0.05, 0) is 38.8 Å². The number of carbonyl (C=O) groups excluding carboxylic acids is 2. The van der Waals surface area contributed by atoms with Crippen LogP contribution in [0.5, 0.6) is 0 Å². The second-order valence-electron chi connectivity index (χ2n) is 8.14. The number of hydrogen-bond acceptors (Lipinski definition) is 5. The summed E-state index contributed by atoms with van der Waals surface area (Å²) in [6, 6.07) is 0. The van der Waals surface area contributed by atoms with Gasteiger partial charge >= 0.3 is 0 Å². The first-order chi connectivity index (χ1) is 13.1. The first-order valence-electron chi connectivity index (χ1n) is 9.76. The topological polar surface area (TPSA) is 84.9 Å². The number of amides is 1. The van der Waals surface area contributed by atoms with Crippen LogP contribution in [0, 0.1) is 11.8 Å². The van der Waals surface area contributed by atoms with Crippen molar-refractivity contribution in [2.24, 2.45) is 11.8 Å². The van der Waals surface area contributed by atoms with Gasteiger partial charge in [0.05, 0.1) is 18.8 Å². The van der Waals surface area contributed by atoms with E-state index in [1.165, 1.54) is 6.08 Å². The molecule has 5 atom stereocenters. The molecule has 0 aromatic heterocycles. The van der Waals surface area contributed by atoms with Gasteiger partial charge in [0.25, 0.3) is 5.91 Å². The third-order valence-electron chi connectivity index (χ3n) is 5.93. The highest BCUT2D eigenvalue weighted by Crippen LogP contribution is 2.43. The number of fused-ring (bicyclic) bond motifs is 2. The molecule has 3 heterocycles. The molecule has 0 radical (unpaired) electrons. The molecular formula is C22H29NO5. The molecule has 0 spiro atoms. The van der Waals surface area contributed by atoms with Crippen LogP contribution in [0.2, 0.25) is 0 Å². The van der Waals surface area contributed by atoms with E-state index in [9.17, 15) is 14.7 Å². The third-order valence-corrected chi connectivity index (χ3v) is 5.93. The Morgan fingerprint density at radius 1 is 1.36 bits per heavy atom. The Labute approximate surface area is 166 Å². The van der Waals surface area contributed by atoms with E-state index in [4.69, 9.17) is 9.47 Å². The molecule has 3 rings (SSSR count). The standard InChI is InChI=1S/C22H29NO5/c1-12(6-8-16(24)19-17(25)11-23-21(19)26)10-13(2)20-15(4)18-9-7-14(3)22(5,27-18)28-20/h6-8,10,13,15,18,20,24H,9,11H2,1-5H3,(H,23,26)/b8-6+,12-10+,19-16+/t13-,15+,18+,20-,22+/m1/s1. The number of Topliss-reactive ketones (excluding diaryl/α,β-unsaturated/α-hetero) is 1. The summed E-state index contributed by atoms with van der Waals surface area (Å²) in [6.07, 6.45) is 8.42. The quantitative estimate of drug-likeness (QED) is 0.255. The Morgan fingerprint density at radius 2 is 2.07 bits per heavy atom. The van der Waals surface area contributed by atoms with Crippen LogP contribution >= 0.6 is 0 Å². The number of rotatable bonds is 4. The van der Waals surface area contributed by atoms with Crippen LogP contribution in [0.1, 0.15) is 41.0 Å². The molecule has 2 bridgehead atoms. The molecule has 152 valence electrons. The first kappa shape index (κ1) is 20.6. The zero-order chi connectivity index (χ0) is 20.6. The van der Waals surface area contributed by atoms with Crippen molar-refractivity contribution in [3.8, 4) is 0 Å². The number of ether oxygens (including phenoxy) is 2. The number of allylic oxidation sites excluding steroid dienone is 3. The number of ketones is 1. The maximum absolute atomic E-state index is 11.7. The van der Waals surface area contributed by atoms with Gasteiger partial charge in [0.1, 0.15) is 11.3 Å². The van der Waals surface area contributed by atoms with Gasteiger partial charge in [-0.25, -0.2) is 0 Å². The number of carbonyl (C=O) groups is 2. The van der Waals surface area contributed by atoms with Crippen molar-refractivity contribution in [3.63, 3.8) is 0 Å². The molecular weight excluding hydrogens is 358 g/mol. The van der Waals surface area contributed by atoms with Gasteiger partial charge in [-0.1, -0.05) is 37.6 Å². The lowest BCUT2D eigenvalue weighted by Crippen LogP contribution is -2.55. The van der Waals surface area contributed by atoms with E-state index in [1.54, 1.807) is 6.08 Å². The summed E-state index contributed by atoms with van der Waals surface area (Å²) < 4.78 is 12.5. The van der Waals surface area contributed by atoms with Crippen molar-refractivity contribution >= 4 is 11.7 Å². The van der Waals surface area contributed by atoms with Crippen LogP contribution in [-0.2, 0) is 19.1 Å². The maximum Gasteiger partial charge on any atom is 0.259 e. The fourth-order valence-electron chi connectivity index (χ4n) is 4.10. The predicted octanol–water partition coefficient (Wildman–Crippen LogP) is 3.12. The smallest absolute Gasteiger partial charge is 0.259 e. The molecule has 28 heavy (non-hydrogen) atoms. The van der Waals surface area contributed by atoms with Crippen molar-refractivity contribution in [1.29, 1.82) is 0 Å². The van der Waals surface area contributed by atoms with E-state index in [0.717, 1.165) is 17.6 Å². The highest BCUT2D eigenvalue weighted by atomic mass is 16.7. The molecule has 0 aromatic carbocycles. The minimum absolute atomic E-state index is 0.00453. The Hall–Kier alpha value is -2.18. The number of aliphatic hydroxyl groups excluding tert-OH is 1. The van der Waals surface area contributed by atoms with Crippen molar-refractivity contribution in [3.05, 3.63) is 46.8 Å². The van der Waals surface area contributed by atoms with Gasteiger partial charge in [-0.2, -0.15) is 0 Å². The molecule has 2 N–H and O–H groups in total. The van der Waals surface area contributed by atoms with Gasteiger partial charge in [0.2, 0.25) is 0 Å². The fourth-order valence-corrected chi connectivity index (χ4v) is 4.10. The molecule has 0 unspecified atom stereocenters. The molecule has 0 aliphatic carbocycles. The Kier molecular flexibility index (Phi) is 5.64. The van der Waals surface area contributed by atoms with Gasteiger partial charge in [0.15, 0.2) is 11.6 Å². The number of hydrogen-bond donors (Lipinski definition) is 2. The van der Waals surface area contributed by atoms with Crippen molar-refractivity contribution in [2.45, 2.75) is 59.0 Å². The van der Waals surface area contributed by atoms with E-state index in [2.05, 4.69) is 31.3 Å². The second-order valence-corrected chi connectivity index (χ2v) is 8.14. The predicted molar refractivity (Wildman–Crippen MR) is 105 cm³/mol. The average molecular weight is 387 g/mol. The summed E-state index contributed by atoms with van der Waals surface area (Å²) in [5.74, 6) is -1.54. The van der Waals surface area contributed by atoms with E-state index in [1.807, 2.05) is 20.8 Å². The van der Waals surface area contributed by atoms with Gasteiger partial charge in [0, 0.05) is 11.8 Å². The molecule has 2 fully saturated rings. The molecule has 3 aliphatic heterocycles. The Morgan fingerprint density at radius 3 is 2.71 bits per heavy atom. The van der Waals surface area contributed by atoms with Crippen molar-refractivity contribution in [1.82, 2.24) is 5.32 Å². The Balaban J connectivity index is 1.74. The molecule has 0 aromatic rings. The lowest BCUT2D eigenvalue weighted by molar-refractivity contribution is -0.318. The number of nitrogens with one attached hydrogen (secondary N) is 1. The third kappa shape index (κ3) is 3.84. The number of aliphatic hydroxyl groups is 1. The molecule has 6 nitrogen and oxygen atoms in total. The SMILES string of the molecule is CC1=CC[C@@H]2O[C@@]1(C)O[C@H]([C@H](C)/C=C(C)/C=C/C(O)=C1/C(=O)CNC1=O)[C@H]2C. The van der Waals surface area contributed by atoms with Gasteiger partial charge in [-0.15, -0.1) is 0 Å². The highest BCUT2D eigenvalue weighted by molar-refractivity contribution is 6.25. The zero-order valence-corrected chi connectivity index (χ0v) is 17.1. The van der Waals surface area contributed by atoms with Crippen molar-refractivity contribution in [2.75, 3.05) is 6.54 Å². The summed E-state index contributed by atoms with van der Waals surface area (Å²) >= 11 is 0. The molecule has 0 saturated carbocycles. The lowest BCUT2D eigenvalue weighted by Gasteiger charge is -2.50. The summed E-state index contributed by atoms with van der Waals surface area (Å²) in [4.78, 5) is 23.3. The fraction of sp³-hybridized carbons (Fsp3) is 0.545. The molecule has 1 amide bonds. The van der Waals surface area contributed by atoms with Crippen LogP contribution in [0.3, 0.4) is 0 Å². The van der Waals surface area contributed by atoms with Gasteiger partial charge < -0.3 is 19.9 Å². The highest BCUT2D eigenvalue weighted by Gasteiger charge is 2.47. The van der Waals surface area contributed by atoms with E-state index in [0.29, 0.717) is 0 Å². The second kappa shape index (κ2) is 7.68. The summed E-state index contributed by atoms with van der Waals surface area (Å²) in [5.41, 5.74) is 1.83. The largest absolute Gasteiger partial charge is 0.507 e. The summed E-state index contributed by atoms with van der Waals surface area (Å²) in [7, 11) is 0. The molecule has 2 saturated heterocycles. The molecule has 3 aliphatic rings. The minimum Gasteiger partial charge on any atom is -0.507 e. The molecule has 6 heteroatoms. The Bertz CT molecular complexity index is 788. The lowest BCUT2D eigenvalue weighted by atomic mass is 9.82. The first-order valence-corrected chi connectivity index (χ1v) is 9.76. The van der Waals surface area contributed by atoms with Crippen LogP contribution < -0.4 is 5.32 Å². The van der Waals surface area contributed by atoms with Crippen LogP contribution in [0.15, 0.2) is 46.8 Å². The summed E-state index contributed by atoms with van der Waals surface area (Å²) in [5, 5.41) is 12.5. The van der Waals surface area contributed by atoms with E-state index < -0.39 is 17.5 Å². The van der Waals surface area contributed by atoms with Crippen LogP contribution in [-0.4, -0.2) is 41.3 Å². The van der Waals surface area contributed by atoms with Crippen LogP contribution in [0.4, 0.5) is 0 Å². The monoisotopic (exact) mass is 387 g/mol. The maximum atomic E-state index is 11.7. The van der Waals surface area contributed by atoms with Crippen molar-refractivity contribution < 1.29 is 24.2 Å². The van der Waals surface area contributed by atoms with Crippen LogP contribution in [0.25, 0.3) is 0 Å².